The molecule has 1 aromatic heterocycles. The molecular weight excluding hydrogens is 282 g/mol. The fourth-order valence-corrected chi connectivity index (χ4v) is 2.95. The van der Waals surface area contributed by atoms with Gasteiger partial charge < -0.3 is 14.2 Å². The molecule has 1 atom stereocenters. The number of thiazole rings is 1. The van der Waals surface area contributed by atoms with Crippen molar-refractivity contribution in [3.05, 3.63) is 15.6 Å². The minimum Gasteiger partial charge on any atom is -0.462 e. The van der Waals surface area contributed by atoms with Crippen molar-refractivity contribution in [1.29, 1.82) is 0 Å². The Morgan fingerprint density at radius 3 is 2.60 bits per heavy atom. The molecule has 7 heteroatoms. The second-order valence-electron chi connectivity index (χ2n) is 4.17. The second-order valence-corrected chi connectivity index (χ2v) is 5.20. The van der Waals surface area contributed by atoms with E-state index in [0.29, 0.717) is 11.6 Å². The van der Waals surface area contributed by atoms with Gasteiger partial charge in [0.2, 0.25) is 0 Å². The smallest absolute Gasteiger partial charge is 0.358 e. The third kappa shape index (κ3) is 3.16. The van der Waals surface area contributed by atoms with Gasteiger partial charge in [0.25, 0.3) is 0 Å². The lowest BCUT2D eigenvalue weighted by Gasteiger charge is -2.03. The number of nitrogens with zero attached hydrogens (tertiary/aromatic N) is 1. The van der Waals surface area contributed by atoms with Gasteiger partial charge in [-0.15, -0.1) is 11.3 Å². The molecule has 0 radical (unpaired) electrons. The number of hydrogen-bond donors (Lipinski definition) is 0. The van der Waals surface area contributed by atoms with Crippen molar-refractivity contribution >= 4 is 23.3 Å². The molecule has 0 saturated carbocycles. The van der Waals surface area contributed by atoms with Crippen LogP contribution in [0.5, 0.6) is 0 Å². The molecule has 0 N–H and O–H groups in total. The first kappa shape index (κ1) is 14.9. The molecule has 0 bridgehead atoms. The van der Waals surface area contributed by atoms with Crippen molar-refractivity contribution in [3.8, 4) is 0 Å². The first-order valence-corrected chi connectivity index (χ1v) is 7.45. The van der Waals surface area contributed by atoms with Crippen LogP contribution in [-0.4, -0.2) is 36.7 Å². The van der Waals surface area contributed by atoms with E-state index in [1.807, 2.05) is 0 Å². The van der Waals surface area contributed by atoms with E-state index in [2.05, 4.69) is 4.98 Å². The Labute approximate surface area is 121 Å². The summed E-state index contributed by atoms with van der Waals surface area (Å²) in [6.45, 7) is 4.56. The number of carbonyl (C=O) groups is 2. The molecule has 1 aromatic rings. The summed E-state index contributed by atoms with van der Waals surface area (Å²) < 4.78 is 15.4. The summed E-state index contributed by atoms with van der Waals surface area (Å²) in [5, 5.41) is 0.633. The van der Waals surface area contributed by atoms with Crippen LogP contribution in [0.4, 0.5) is 0 Å². The summed E-state index contributed by atoms with van der Waals surface area (Å²) >= 11 is 1.15. The highest BCUT2D eigenvalue weighted by Gasteiger charge is 2.29. The summed E-state index contributed by atoms with van der Waals surface area (Å²) in [6, 6.07) is 0. The van der Waals surface area contributed by atoms with Gasteiger partial charge in [-0.05, 0) is 26.7 Å². The van der Waals surface area contributed by atoms with Gasteiger partial charge >= 0.3 is 11.9 Å². The Kier molecular flexibility index (Phi) is 5.08. The standard InChI is InChI=1S/C13H17NO5S/c1-3-17-12(15)9-10(13(16)18-4-2)20-11(14-9)8-6-5-7-19-8/h8H,3-7H2,1-2H3/t8-/m1/s1. The van der Waals surface area contributed by atoms with Crippen LogP contribution in [0.2, 0.25) is 0 Å². The summed E-state index contributed by atoms with van der Waals surface area (Å²) in [4.78, 5) is 28.2. The minimum atomic E-state index is -0.601. The van der Waals surface area contributed by atoms with Crippen LogP contribution >= 0.6 is 11.3 Å². The Bertz CT molecular complexity index is 457. The predicted octanol–water partition coefficient (Wildman–Crippen LogP) is 2.35. The van der Waals surface area contributed by atoms with E-state index in [0.717, 1.165) is 24.2 Å². The van der Waals surface area contributed by atoms with Gasteiger partial charge in [0.1, 0.15) is 16.0 Å². The van der Waals surface area contributed by atoms with E-state index in [4.69, 9.17) is 14.2 Å². The summed E-state index contributed by atoms with van der Waals surface area (Å²) in [5.41, 5.74) is 0.0285. The van der Waals surface area contributed by atoms with Gasteiger partial charge in [0, 0.05) is 6.61 Å². The quantitative estimate of drug-likeness (QED) is 0.777. The normalized spacial score (nSPS) is 18.0. The lowest BCUT2D eigenvalue weighted by molar-refractivity contribution is 0.0478. The molecule has 110 valence electrons. The van der Waals surface area contributed by atoms with Gasteiger partial charge in [-0.3, -0.25) is 0 Å². The highest BCUT2D eigenvalue weighted by molar-refractivity contribution is 7.14. The number of hydrogen-bond acceptors (Lipinski definition) is 7. The number of esters is 2. The lowest BCUT2D eigenvalue weighted by atomic mass is 10.2. The maximum Gasteiger partial charge on any atom is 0.358 e. The summed E-state index contributed by atoms with van der Waals surface area (Å²) in [6.07, 6.45) is 1.66. The molecule has 1 aliphatic heterocycles. The zero-order chi connectivity index (χ0) is 14.5. The molecule has 1 fully saturated rings. The molecule has 0 unspecified atom stereocenters. The molecule has 6 nitrogen and oxygen atoms in total. The van der Waals surface area contributed by atoms with E-state index in [-0.39, 0.29) is 29.9 Å². The van der Waals surface area contributed by atoms with Crippen LogP contribution in [0.1, 0.15) is 58.0 Å². The third-order valence-corrected chi connectivity index (χ3v) is 3.91. The van der Waals surface area contributed by atoms with Crippen LogP contribution < -0.4 is 0 Å². The zero-order valence-corrected chi connectivity index (χ0v) is 12.3. The first-order valence-electron chi connectivity index (χ1n) is 6.63. The van der Waals surface area contributed by atoms with Crippen LogP contribution in [0.25, 0.3) is 0 Å². The van der Waals surface area contributed by atoms with E-state index >= 15 is 0 Å². The molecule has 2 rings (SSSR count). The SMILES string of the molecule is CCOC(=O)c1nc([C@H]2CCCO2)sc1C(=O)OCC. The third-order valence-electron chi connectivity index (χ3n) is 2.78. The highest BCUT2D eigenvalue weighted by atomic mass is 32.1. The molecule has 1 saturated heterocycles. The van der Waals surface area contributed by atoms with E-state index in [1.54, 1.807) is 13.8 Å². The van der Waals surface area contributed by atoms with Gasteiger partial charge in [-0.2, -0.15) is 0 Å². The maximum atomic E-state index is 11.9. The van der Waals surface area contributed by atoms with Gasteiger partial charge in [-0.1, -0.05) is 0 Å². The average molecular weight is 299 g/mol. The summed E-state index contributed by atoms with van der Waals surface area (Å²) in [5.74, 6) is -1.15. The summed E-state index contributed by atoms with van der Waals surface area (Å²) in [7, 11) is 0. The monoisotopic (exact) mass is 299 g/mol. The zero-order valence-electron chi connectivity index (χ0n) is 11.5. The van der Waals surface area contributed by atoms with Gasteiger partial charge in [0.15, 0.2) is 5.69 Å². The molecular formula is C13H17NO5S. The molecule has 0 amide bonds. The highest BCUT2D eigenvalue weighted by Crippen LogP contribution is 2.33. The Morgan fingerprint density at radius 2 is 2.00 bits per heavy atom. The van der Waals surface area contributed by atoms with E-state index < -0.39 is 11.9 Å². The van der Waals surface area contributed by atoms with Crippen molar-refractivity contribution in [3.63, 3.8) is 0 Å². The van der Waals surface area contributed by atoms with Gasteiger partial charge in [0.05, 0.1) is 13.2 Å². The van der Waals surface area contributed by atoms with Crippen LogP contribution in [0.3, 0.4) is 0 Å². The topological polar surface area (TPSA) is 74.7 Å². The average Bonchev–Trinajstić information content (AvgIpc) is 3.08. The Hall–Kier alpha value is -1.47. The minimum absolute atomic E-state index is 0.0285. The van der Waals surface area contributed by atoms with Crippen molar-refractivity contribution in [2.45, 2.75) is 32.8 Å². The number of rotatable bonds is 5. The number of aromatic nitrogens is 1. The lowest BCUT2D eigenvalue weighted by Crippen LogP contribution is -2.12. The van der Waals surface area contributed by atoms with Crippen molar-refractivity contribution < 1.29 is 23.8 Å². The van der Waals surface area contributed by atoms with Crippen molar-refractivity contribution in [2.24, 2.45) is 0 Å². The first-order chi connectivity index (χ1) is 9.67. The molecule has 0 spiro atoms. The van der Waals surface area contributed by atoms with Crippen molar-refractivity contribution in [2.75, 3.05) is 19.8 Å². The number of ether oxygens (including phenoxy) is 3. The molecule has 0 aliphatic carbocycles. The van der Waals surface area contributed by atoms with E-state index in [9.17, 15) is 9.59 Å². The van der Waals surface area contributed by atoms with Crippen LogP contribution in [-0.2, 0) is 14.2 Å². The maximum absolute atomic E-state index is 11.9. The second kappa shape index (κ2) is 6.81. The predicted molar refractivity (Wildman–Crippen MR) is 72.0 cm³/mol. The van der Waals surface area contributed by atoms with Crippen LogP contribution in [0.15, 0.2) is 0 Å². The fourth-order valence-electron chi connectivity index (χ4n) is 1.92. The molecule has 20 heavy (non-hydrogen) atoms. The number of carbonyl (C=O) groups excluding carboxylic acids is 2. The van der Waals surface area contributed by atoms with Crippen LogP contribution in [0, 0.1) is 0 Å². The molecule has 1 aliphatic rings. The molecule has 2 heterocycles. The fraction of sp³-hybridized carbons (Fsp3) is 0.615. The Balaban J connectivity index is 2.30. The largest absolute Gasteiger partial charge is 0.462 e. The van der Waals surface area contributed by atoms with E-state index in [1.165, 1.54) is 0 Å². The van der Waals surface area contributed by atoms with Crippen molar-refractivity contribution in [1.82, 2.24) is 4.98 Å². The Morgan fingerprint density at radius 1 is 1.30 bits per heavy atom. The van der Waals surface area contributed by atoms with Gasteiger partial charge in [-0.25, -0.2) is 14.6 Å². The molecule has 0 aromatic carbocycles.